The SMILES string of the molecule is C=C[C@@H]1CCCCOc2ccc(cc2)C[C@H](CS(C)(=O)=O)C(=O)N[C@@H](C(C)C)C(=O)C1. The molecule has 0 fully saturated rings. The molecule has 0 aromatic heterocycles. The van der Waals surface area contributed by atoms with Crippen LogP contribution in [0.4, 0.5) is 0 Å². The Labute approximate surface area is 186 Å². The van der Waals surface area contributed by atoms with Crippen LogP contribution >= 0.6 is 0 Å². The second kappa shape index (κ2) is 11.5. The van der Waals surface area contributed by atoms with Crippen LogP contribution in [0.1, 0.15) is 45.1 Å². The largest absolute Gasteiger partial charge is 0.494 e. The number of allylic oxidation sites excluding steroid dienone is 1. The van der Waals surface area contributed by atoms with E-state index in [4.69, 9.17) is 4.74 Å². The van der Waals surface area contributed by atoms with Crippen molar-refractivity contribution >= 4 is 21.5 Å². The topological polar surface area (TPSA) is 89.5 Å². The van der Waals surface area contributed by atoms with Crippen LogP contribution in [0.5, 0.6) is 5.75 Å². The molecule has 2 bridgehead atoms. The van der Waals surface area contributed by atoms with Crippen LogP contribution in [0.3, 0.4) is 0 Å². The van der Waals surface area contributed by atoms with Gasteiger partial charge in [-0.1, -0.05) is 32.1 Å². The number of nitrogens with one attached hydrogen (secondary N) is 1. The molecule has 0 saturated heterocycles. The van der Waals surface area contributed by atoms with E-state index in [1.165, 1.54) is 0 Å². The van der Waals surface area contributed by atoms with Gasteiger partial charge in [-0.05, 0) is 55.2 Å². The first-order valence-corrected chi connectivity index (χ1v) is 13.0. The van der Waals surface area contributed by atoms with E-state index >= 15 is 0 Å². The van der Waals surface area contributed by atoms with Crippen molar-refractivity contribution in [2.24, 2.45) is 17.8 Å². The molecule has 6 nitrogen and oxygen atoms in total. The Hall–Kier alpha value is -2.15. The van der Waals surface area contributed by atoms with E-state index in [1.54, 1.807) is 6.08 Å². The summed E-state index contributed by atoms with van der Waals surface area (Å²) in [6.07, 6.45) is 6.12. The number of hydrogen-bond donors (Lipinski definition) is 1. The summed E-state index contributed by atoms with van der Waals surface area (Å²) in [5.41, 5.74) is 0.847. The maximum Gasteiger partial charge on any atom is 0.225 e. The molecule has 1 aromatic rings. The Morgan fingerprint density at radius 3 is 2.42 bits per heavy atom. The molecule has 2 aliphatic heterocycles. The summed E-state index contributed by atoms with van der Waals surface area (Å²) in [6.45, 7) is 8.22. The van der Waals surface area contributed by atoms with Crippen molar-refractivity contribution in [1.29, 1.82) is 0 Å². The molecule has 3 rings (SSSR count). The number of ether oxygens (including phenoxy) is 1. The molecule has 0 unspecified atom stereocenters. The van der Waals surface area contributed by atoms with E-state index in [-0.39, 0.29) is 29.8 Å². The summed E-state index contributed by atoms with van der Waals surface area (Å²) in [6, 6.07) is 6.74. The Balaban J connectivity index is 2.33. The molecule has 0 radical (unpaired) electrons. The van der Waals surface area contributed by atoms with Crippen LogP contribution in [0.15, 0.2) is 36.9 Å². The van der Waals surface area contributed by atoms with Crippen LogP contribution in [-0.4, -0.2) is 44.8 Å². The summed E-state index contributed by atoms with van der Waals surface area (Å²) < 4.78 is 29.7. The Bertz CT molecular complexity index is 860. The van der Waals surface area contributed by atoms with Gasteiger partial charge in [0.1, 0.15) is 15.6 Å². The molecule has 172 valence electrons. The maximum absolute atomic E-state index is 13.1. The molecule has 1 N–H and O–H groups in total. The molecular weight excluding hydrogens is 414 g/mol. The fourth-order valence-electron chi connectivity index (χ4n) is 3.88. The predicted octanol–water partition coefficient (Wildman–Crippen LogP) is 3.35. The van der Waals surface area contributed by atoms with Crippen molar-refractivity contribution in [2.75, 3.05) is 18.6 Å². The highest BCUT2D eigenvalue weighted by Gasteiger charge is 2.30. The van der Waals surface area contributed by atoms with Crippen LogP contribution in [0.25, 0.3) is 0 Å². The molecule has 2 aliphatic rings. The third-order valence-electron chi connectivity index (χ3n) is 5.63. The summed E-state index contributed by atoms with van der Waals surface area (Å²) in [5.74, 6) is -0.823. The number of rotatable bonds is 4. The average molecular weight is 450 g/mol. The molecule has 0 saturated carbocycles. The van der Waals surface area contributed by atoms with Gasteiger partial charge in [0.05, 0.1) is 24.3 Å². The van der Waals surface area contributed by atoms with Crippen molar-refractivity contribution in [3.63, 3.8) is 0 Å². The lowest BCUT2D eigenvalue weighted by molar-refractivity contribution is -0.131. The van der Waals surface area contributed by atoms with Gasteiger partial charge < -0.3 is 10.1 Å². The van der Waals surface area contributed by atoms with Crippen molar-refractivity contribution < 1.29 is 22.7 Å². The van der Waals surface area contributed by atoms with Crippen LogP contribution in [-0.2, 0) is 25.8 Å². The Morgan fingerprint density at radius 1 is 1.16 bits per heavy atom. The zero-order valence-electron chi connectivity index (χ0n) is 18.8. The zero-order chi connectivity index (χ0) is 23.0. The fraction of sp³-hybridized carbons (Fsp3) is 0.583. The Morgan fingerprint density at radius 2 is 1.84 bits per heavy atom. The lowest BCUT2D eigenvalue weighted by atomic mass is 9.89. The first-order chi connectivity index (χ1) is 14.6. The van der Waals surface area contributed by atoms with Gasteiger partial charge in [0.25, 0.3) is 0 Å². The van der Waals surface area contributed by atoms with Crippen LogP contribution in [0.2, 0.25) is 0 Å². The van der Waals surface area contributed by atoms with Gasteiger partial charge in [0.2, 0.25) is 5.91 Å². The molecule has 2 heterocycles. The second-order valence-corrected chi connectivity index (χ2v) is 11.1. The van der Waals surface area contributed by atoms with Crippen LogP contribution in [0, 0.1) is 17.8 Å². The minimum atomic E-state index is -3.38. The number of amides is 1. The third-order valence-corrected chi connectivity index (χ3v) is 6.63. The average Bonchev–Trinajstić information content (AvgIpc) is 2.69. The van der Waals surface area contributed by atoms with Crippen LogP contribution < -0.4 is 10.1 Å². The molecule has 0 spiro atoms. The second-order valence-electron chi connectivity index (χ2n) is 8.88. The van der Waals surface area contributed by atoms with E-state index < -0.39 is 27.7 Å². The predicted molar refractivity (Wildman–Crippen MR) is 123 cm³/mol. The molecule has 3 atom stereocenters. The van der Waals surface area contributed by atoms with E-state index in [0.29, 0.717) is 13.0 Å². The van der Waals surface area contributed by atoms with E-state index in [1.807, 2.05) is 38.1 Å². The highest BCUT2D eigenvalue weighted by Crippen LogP contribution is 2.21. The molecular formula is C24H35NO5S. The summed E-state index contributed by atoms with van der Waals surface area (Å²) in [5, 5.41) is 2.86. The molecule has 1 aromatic carbocycles. The number of hydrogen-bond acceptors (Lipinski definition) is 5. The van der Waals surface area contributed by atoms with E-state index in [9.17, 15) is 18.0 Å². The normalized spacial score (nSPS) is 24.3. The Kier molecular flexibility index (Phi) is 9.29. The monoisotopic (exact) mass is 449 g/mol. The standard InChI is InChI=1S/C24H35NO5S/c1-5-18-8-6-7-13-30-21-11-9-19(10-12-21)14-20(16-31(4,28)29)24(27)25-23(17(2)3)22(26)15-18/h5,9-12,17-18,20,23H,1,6-8,13-16H2,2-4H3,(H,25,27)/t18-,20-,23+/m1/s1. The zero-order valence-corrected chi connectivity index (χ0v) is 19.6. The quantitative estimate of drug-likeness (QED) is 0.712. The molecule has 1 amide bonds. The lowest BCUT2D eigenvalue weighted by Gasteiger charge is -2.25. The number of carbonyl (C=O) groups is 2. The molecule has 7 heteroatoms. The number of carbonyl (C=O) groups excluding carboxylic acids is 2. The molecule has 0 aliphatic carbocycles. The minimum absolute atomic E-state index is 0.0343. The highest BCUT2D eigenvalue weighted by molar-refractivity contribution is 7.90. The number of fused-ring (bicyclic) bond motifs is 14. The van der Waals surface area contributed by atoms with Gasteiger partial charge in [-0.2, -0.15) is 0 Å². The van der Waals surface area contributed by atoms with Crippen molar-refractivity contribution in [2.45, 2.75) is 52.0 Å². The summed E-state index contributed by atoms with van der Waals surface area (Å²) in [4.78, 5) is 26.1. The maximum atomic E-state index is 13.1. The minimum Gasteiger partial charge on any atom is -0.494 e. The van der Waals surface area contributed by atoms with Crippen molar-refractivity contribution in [3.8, 4) is 5.75 Å². The molecule has 31 heavy (non-hydrogen) atoms. The number of benzene rings is 1. The van der Waals surface area contributed by atoms with Gasteiger partial charge in [-0.25, -0.2) is 8.42 Å². The van der Waals surface area contributed by atoms with Gasteiger partial charge in [0.15, 0.2) is 5.78 Å². The smallest absolute Gasteiger partial charge is 0.225 e. The number of sulfone groups is 1. The van der Waals surface area contributed by atoms with Gasteiger partial charge >= 0.3 is 0 Å². The summed E-state index contributed by atoms with van der Waals surface area (Å²) in [7, 11) is -3.38. The van der Waals surface area contributed by atoms with Crippen molar-refractivity contribution in [1.82, 2.24) is 5.32 Å². The highest BCUT2D eigenvalue weighted by atomic mass is 32.2. The summed E-state index contributed by atoms with van der Waals surface area (Å²) >= 11 is 0. The fourth-order valence-corrected chi connectivity index (χ4v) is 4.88. The van der Waals surface area contributed by atoms with Crippen molar-refractivity contribution in [3.05, 3.63) is 42.5 Å². The number of Topliss-reactive ketones (excluding diaryl/α,β-unsaturated/α-hetero) is 1. The first-order valence-electron chi connectivity index (χ1n) is 10.9. The van der Waals surface area contributed by atoms with Gasteiger partial charge in [-0.15, -0.1) is 6.58 Å². The van der Waals surface area contributed by atoms with Gasteiger partial charge in [0, 0.05) is 12.7 Å². The number of ketones is 1. The van der Waals surface area contributed by atoms with E-state index in [0.717, 1.165) is 36.8 Å². The lowest BCUT2D eigenvalue weighted by Crippen LogP contribution is -2.48. The van der Waals surface area contributed by atoms with E-state index in [2.05, 4.69) is 11.9 Å². The van der Waals surface area contributed by atoms with Gasteiger partial charge in [-0.3, -0.25) is 9.59 Å². The first kappa shape index (κ1) is 25.1. The third kappa shape index (κ3) is 8.48.